The van der Waals surface area contributed by atoms with Gasteiger partial charge in [-0.2, -0.15) is 0 Å². The number of carboxylic acids is 1. The number of carbonyl (C=O) groups is 1. The zero-order chi connectivity index (χ0) is 12.5. The molecule has 96 valence electrons. The van der Waals surface area contributed by atoms with Crippen molar-refractivity contribution < 1.29 is 9.90 Å². The van der Waals surface area contributed by atoms with Gasteiger partial charge in [0.05, 0.1) is 0 Å². The van der Waals surface area contributed by atoms with Crippen LogP contribution in [0.5, 0.6) is 0 Å². The molecule has 0 saturated carbocycles. The summed E-state index contributed by atoms with van der Waals surface area (Å²) < 4.78 is 0. The van der Waals surface area contributed by atoms with Gasteiger partial charge in [0.1, 0.15) is 6.04 Å². The first-order valence-electron chi connectivity index (χ1n) is 6.84. The van der Waals surface area contributed by atoms with Crippen molar-refractivity contribution in [3.8, 4) is 0 Å². The molecule has 3 rings (SSSR count). The molecule has 1 aromatic carbocycles. The lowest BCUT2D eigenvalue weighted by atomic mass is 9.89. The molecule has 2 aliphatic heterocycles. The van der Waals surface area contributed by atoms with E-state index in [1.165, 1.54) is 11.1 Å². The zero-order valence-corrected chi connectivity index (χ0v) is 10.5. The maximum atomic E-state index is 11.4. The van der Waals surface area contributed by atoms with Gasteiger partial charge < -0.3 is 5.11 Å². The maximum absolute atomic E-state index is 11.4. The SMILES string of the molecule is O=C(O)C1CCCC2c3ccccc3CCCN12. The average Bonchev–Trinajstić information content (AvgIpc) is 2.57. The van der Waals surface area contributed by atoms with Crippen LogP contribution in [-0.4, -0.2) is 28.6 Å². The van der Waals surface area contributed by atoms with Crippen LogP contribution in [0.3, 0.4) is 0 Å². The van der Waals surface area contributed by atoms with Crippen molar-refractivity contribution in [2.45, 2.75) is 44.2 Å². The highest BCUT2D eigenvalue weighted by Gasteiger charge is 2.37. The highest BCUT2D eigenvalue weighted by atomic mass is 16.4. The molecule has 0 aliphatic carbocycles. The minimum atomic E-state index is -0.654. The Kier molecular flexibility index (Phi) is 3.08. The highest BCUT2D eigenvalue weighted by molar-refractivity contribution is 5.73. The molecule has 1 saturated heterocycles. The minimum absolute atomic E-state index is 0.282. The molecule has 1 fully saturated rings. The summed E-state index contributed by atoms with van der Waals surface area (Å²) in [5, 5.41) is 9.38. The summed E-state index contributed by atoms with van der Waals surface area (Å²) in [5.41, 5.74) is 2.77. The number of benzene rings is 1. The molecule has 1 N–H and O–H groups in total. The Morgan fingerprint density at radius 2 is 2.06 bits per heavy atom. The first-order valence-corrected chi connectivity index (χ1v) is 6.84. The van der Waals surface area contributed by atoms with Gasteiger partial charge >= 0.3 is 5.97 Å². The number of hydrogen-bond acceptors (Lipinski definition) is 2. The topological polar surface area (TPSA) is 40.5 Å². The van der Waals surface area contributed by atoms with Crippen LogP contribution in [-0.2, 0) is 11.2 Å². The lowest BCUT2D eigenvalue weighted by Gasteiger charge is -2.39. The van der Waals surface area contributed by atoms with E-state index in [-0.39, 0.29) is 6.04 Å². The average molecular weight is 245 g/mol. The first-order chi connectivity index (χ1) is 8.77. The lowest BCUT2D eigenvalue weighted by Crippen LogP contribution is -2.46. The Labute approximate surface area is 107 Å². The van der Waals surface area contributed by atoms with Gasteiger partial charge in [0.25, 0.3) is 0 Å². The molecule has 0 radical (unpaired) electrons. The number of hydrogen-bond donors (Lipinski definition) is 1. The second-order valence-corrected chi connectivity index (χ2v) is 5.34. The molecule has 2 atom stereocenters. The van der Waals surface area contributed by atoms with Crippen LogP contribution in [0.1, 0.15) is 42.9 Å². The molecular formula is C15H19NO2. The van der Waals surface area contributed by atoms with Gasteiger partial charge in [-0.05, 0) is 49.8 Å². The molecule has 3 nitrogen and oxygen atoms in total. The molecule has 2 heterocycles. The number of nitrogens with zero attached hydrogens (tertiary/aromatic N) is 1. The monoisotopic (exact) mass is 245 g/mol. The molecular weight excluding hydrogens is 226 g/mol. The van der Waals surface area contributed by atoms with Crippen molar-refractivity contribution in [2.75, 3.05) is 6.54 Å². The summed E-state index contributed by atoms with van der Waals surface area (Å²) in [4.78, 5) is 13.6. The van der Waals surface area contributed by atoms with E-state index in [0.717, 1.165) is 38.6 Å². The van der Waals surface area contributed by atoms with Crippen molar-refractivity contribution in [2.24, 2.45) is 0 Å². The quantitative estimate of drug-likeness (QED) is 0.826. The normalized spacial score (nSPS) is 28.0. The van der Waals surface area contributed by atoms with E-state index in [4.69, 9.17) is 0 Å². The van der Waals surface area contributed by atoms with Crippen LogP contribution in [0.15, 0.2) is 24.3 Å². The molecule has 2 unspecified atom stereocenters. The zero-order valence-electron chi connectivity index (χ0n) is 10.5. The van der Waals surface area contributed by atoms with Crippen molar-refractivity contribution in [1.82, 2.24) is 4.90 Å². The predicted octanol–water partition coefficient (Wildman–Crippen LogP) is 2.61. The molecule has 1 aromatic rings. The predicted molar refractivity (Wildman–Crippen MR) is 69.5 cm³/mol. The Bertz CT molecular complexity index is 458. The van der Waals surface area contributed by atoms with Crippen molar-refractivity contribution in [3.05, 3.63) is 35.4 Å². The lowest BCUT2D eigenvalue weighted by molar-refractivity contribution is -0.146. The summed E-state index contributed by atoms with van der Waals surface area (Å²) in [7, 11) is 0. The summed E-state index contributed by atoms with van der Waals surface area (Å²) in [6, 6.07) is 8.58. The van der Waals surface area contributed by atoms with Gasteiger partial charge in [-0.25, -0.2) is 0 Å². The molecule has 2 aliphatic rings. The summed E-state index contributed by atoms with van der Waals surface area (Å²) in [5.74, 6) is -0.654. The van der Waals surface area contributed by atoms with Crippen LogP contribution in [0.4, 0.5) is 0 Å². The van der Waals surface area contributed by atoms with Crippen LogP contribution in [0.25, 0.3) is 0 Å². The fourth-order valence-corrected chi connectivity index (χ4v) is 3.50. The number of aliphatic carboxylic acids is 1. The number of rotatable bonds is 1. The fraction of sp³-hybridized carbons (Fsp3) is 0.533. The van der Waals surface area contributed by atoms with Gasteiger partial charge in [0.15, 0.2) is 0 Å². The standard InChI is InChI=1S/C15H19NO2/c17-15(18)14-9-3-8-13-12-7-2-1-5-11(12)6-4-10-16(13)14/h1-2,5,7,13-14H,3-4,6,8-10H2,(H,17,18). The van der Waals surface area contributed by atoms with Crippen molar-refractivity contribution in [3.63, 3.8) is 0 Å². The van der Waals surface area contributed by atoms with E-state index in [9.17, 15) is 9.90 Å². The van der Waals surface area contributed by atoms with E-state index in [2.05, 4.69) is 29.2 Å². The summed E-state index contributed by atoms with van der Waals surface area (Å²) in [6.07, 6.45) is 5.06. The van der Waals surface area contributed by atoms with E-state index in [0.29, 0.717) is 6.04 Å². The fourth-order valence-electron chi connectivity index (χ4n) is 3.50. The van der Waals surface area contributed by atoms with E-state index >= 15 is 0 Å². The third-order valence-electron chi connectivity index (χ3n) is 4.32. The highest BCUT2D eigenvalue weighted by Crippen LogP contribution is 2.38. The van der Waals surface area contributed by atoms with Crippen LogP contribution in [0.2, 0.25) is 0 Å². The third kappa shape index (κ3) is 1.93. The number of piperidine rings is 1. The van der Waals surface area contributed by atoms with Crippen LogP contribution >= 0.6 is 0 Å². The second-order valence-electron chi connectivity index (χ2n) is 5.34. The Balaban J connectivity index is 1.98. The third-order valence-corrected chi connectivity index (χ3v) is 4.32. The minimum Gasteiger partial charge on any atom is -0.480 e. The molecule has 3 heteroatoms. The van der Waals surface area contributed by atoms with Gasteiger partial charge in [-0.15, -0.1) is 0 Å². The molecule has 0 amide bonds. The maximum Gasteiger partial charge on any atom is 0.320 e. The summed E-state index contributed by atoms with van der Waals surface area (Å²) in [6.45, 7) is 0.913. The van der Waals surface area contributed by atoms with Gasteiger partial charge in [0.2, 0.25) is 0 Å². The van der Waals surface area contributed by atoms with E-state index in [1.54, 1.807) is 0 Å². The smallest absolute Gasteiger partial charge is 0.320 e. The molecule has 18 heavy (non-hydrogen) atoms. The van der Waals surface area contributed by atoms with Gasteiger partial charge in [-0.1, -0.05) is 24.3 Å². The first kappa shape index (κ1) is 11.7. The largest absolute Gasteiger partial charge is 0.480 e. The number of carboxylic acid groups (broad SMARTS) is 1. The Morgan fingerprint density at radius 1 is 1.22 bits per heavy atom. The molecule has 0 aromatic heterocycles. The Hall–Kier alpha value is -1.35. The summed E-state index contributed by atoms with van der Waals surface area (Å²) >= 11 is 0. The molecule has 0 bridgehead atoms. The Morgan fingerprint density at radius 3 is 2.89 bits per heavy atom. The number of aryl methyl sites for hydroxylation is 1. The van der Waals surface area contributed by atoms with Crippen LogP contribution < -0.4 is 0 Å². The van der Waals surface area contributed by atoms with Gasteiger partial charge in [0, 0.05) is 6.04 Å². The van der Waals surface area contributed by atoms with Crippen molar-refractivity contribution in [1.29, 1.82) is 0 Å². The van der Waals surface area contributed by atoms with Crippen LogP contribution in [0, 0.1) is 0 Å². The second kappa shape index (κ2) is 4.73. The number of fused-ring (bicyclic) bond motifs is 3. The van der Waals surface area contributed by atoms with Crippen molar-refractivity contribution >= 4 is 5.97 Å². The van der Waals surface area contributed by atoms with Gasteiger partial charge in [-0.3, -0.25) is 9.69 Å². The van der Waals surface area contributed by atoms with E-state index in [1.807, 2.05) is 0 Å². The van der Waals surface area contributed by atoms with E-state index < -0.39 is 5.97 Å². The molecule has 0 spiro atoms.